The first-order valence-corrected chi connectivity index (χ1v) is 15.3. The molecule has 0 amide bonds. The van der Waals surface area contributed by atoms with Gasteiger partial charge in [-0.05, 0) is 84.6 Å². The summed E-state index contributed by atoms with van der Waals surface area (Å²) in [4.78, 5) is 0. The average molecular weight is 555 g/mol. The Bertz CT molecular complexity index is 1000. The van der Waals surface area contributed by atoms with Gasteiger partial charge in [-0.15, -0.1) is 0 Å². The third kappa shape index (κ3) is 11.5. The third-order valence-electron chi connectivity index (χ3n) is 8.33. The molecule has 5 nitrogen and oxygen atoms in total. The summed E-state index contributed by atoms with van der Waals surface area (Å²) < 4.78 is 0. The van der Waals surface area contributed by atoms with E-state index in [0.717, 1.165) is 54.7 Å². The lowest BCUT2D eigenvalue weighted by atomic mass is 9.86. The maximum Gasteiger partial charge on any atom is 0.106 e. The molecule has 224 valence electrons. The highest BCUT2D eigenvalue weighted by atomic mass is 16.4. The predicted octanol–water partition coefficient (Wildman–Crippen LogP) is 5.82. The summed E-state index contributed by atoms with van der Waals surface area (Å²) in [7, 11) is 0. The molecule has 0 aliphatic carbocycles. The van der Waals surface area contributed by atoms with Crippen molar-refractivity contribution < 1.29 is 25.5 Å². The minimum absolute atomic E-state index is 0.259. The van der Waals surface area contributed by atoms with E-state index in [1.54, 1.807) is 6.92 Å². The number of benzene rings is 2. The first kappa shape index (κ1) is 34.2. The molecule has 0 radical (unpaired) electrons. The molecule has 0 fully saturated rings. The molecule has 0 heterocycles. The second-order valence-electron chi connectivity index (χ2n) is 12.0. The highest BCUT2D eigenvalue weighted by molar-refractivity contribution is 5.70. The number of aliphatic hydroxyl groups is 5. The third-order valence-corrected chi connectivity index (χ3v) is 8.33. The van der Waals surface area contributed by atoms with Crippen LogP contribution in [0.5, 0.6) is 0 Å². The summed E-state index contributed by atoms with van der Waals surface area (Å²) in [6, 6.07) is 15.2. The number of aliphatic hydroxyl groups excluding tert-OH is 5. The van der Waals surface area contributed by atoms with Crippen molar-refractivity contribution in [3.8, 4) is 0 Å². The zero-order chi connectivity index (χ0) is 29.7. The van der Waals surface area contributed by atoms with E-state index >= 15 is 0 Å². The van der Waals surface area contributed by atoms with Crippen molar-refractivity contribution in [3.63, 3.8) is 0 Å². The SMILES string of the molecule is CCC(C)CCc1ccc(/C=C/c2cc(CCCC(O)CC)cc(C[C@H](C)C(O)C(O)C(O)C(C)CO)c2)cc1. The normalized spacial score (nSPS) is 17.4. The van der Waals surface area contributed by atoms with Crippen LogP contribution in [-0.2, 0) is 19.3 Å². The lowest BCUT2D eigenvalue weighted by Gasteiger charge is -2.30. The lowest BCUT2D eigenvalue weighted by Crippen LogP contribution is -2.45. The van der Waals surface area contributed by atoms with Gasteiger partial charge in [-0.1, -0.05) is 95.7 Å². The number of aryl methyl sites for hydroxylation is 2. The van der Waals surface area contributed by atoms with E-state index < -0.39 is 24.2 Å². The van der Waals surface area contributed by atoms with Gasteiger partial charge < -0.3 is 25.5 Å². The molecule has 0 aliphatic rings. The van der Waals surface area contributed by atoms with Gasteiger partial charge in [0.15, 0.2) is 0 Å². The van der Waals surface area contributed by atoms with Crippen LogP contribution in [0.4, 0.5) is 0 Å². The fraction of sp³-hybridized carbons (Fsp3) is 0.600. The maximum absolute atomic E-state index is 10.8. The Morgan fingerprint density at radius 2 is 1.27 bits per heavy atom. The molecule has 5 heteroatoms. The van der Waals surface area contributed by atoms with Crippen LogP contribution in [0.3, 0.4) is 0 Å². The smallest absolute Gasteiger partial charge is 0.106 e. The highest BCUT2D eigenvalue weighted by Crippen LogP contribution is 2.23. The van der Waals surface area contributed by atoms with Gasteiger partial charge in [-0.3, -0.25) is 0 Å². The molecule has 0 spiro atoms. The Morgan fingerprint density at radius 3 is 1.90 bits per heavy atom. The monoisotopic (exact) mass is 554 g/mol. The van der Waals surface area contributed by atoms with Gasteiger partial charge in [0.25, 0.3) is 0 Å². The molecule has 2 aromatic rings. The Kier molecular flexibility index (Phi) is 15.1. The molecular formula is C35H54O5. The lowest BCUT2D eigenvalue weighted by molar-refractivity contribution is -0.100. The van der Waals surface area contributed by atoms with Crippen molar-refractivity contribution >= 4 is 12.2 Å². The van der Waals surface area contributed by atoms with Crippen LogP contribution < -0.4 is 0 Å². The fourth-order valence-electron chi connectivity index (χ4n) is 4.98. The summed E-state index contributed by atoms with van der Waals surface area (Å²) in [6.45, 7) is 9.78. The molecule has 7 atom stereocenters. The molecule has 0 saturated carbocycles. The Labute approximate surface area is 242 Å². The van der Waals surface area contributed by atoms with Gasteiger partial charge in [0.2, 0.25) is 0 Å². The van der Waals surface area contributed by atoms with Crippen LogP contribution >= 0.6 is 0 Å². The van der Waals surface area contributed by atoms with Crippen LogP contribution in [0.1, 0.15) is 94.5 Å². The zero-order valence-corrected chi connectivity index (χ0v) is 25.3. The van der Waals surface area contributed by atoms with E-state index in [9.17, 15) is 25.5 Å². The Balaban J connectivity index is 2.19. The van der Waals surface area contributed by atoms with Crippen LogP contribution in [0, 0.1) is 17.8 Å². The first-order chi connectivity index (χ1) is 19.1. The van der Waals surface area contributed by atoms with Crippen molar-refractivity contribution in [2.75, 3.05) is 6.61 Å². The van der Waals surface area contributed by atoms with Gasteiger partial charge >= 0.3 is 0 Å². The Hall–Kier alpha value is -2.02. The standard InChI is InChI=1S/C35H54O5/c1-6-24(3)11-12-27-13-15-28(16-14-27)17-18-30-20-29(9-8-10-32(37)7-2)21-31(22-30)19-25(4)33(38)35(40)34(39)26(5)23-36/h13-18,20-22,24-26,32-40H,6-12,19,23H2,1-5H3/b18-17+/t24?,25-,26?,32?,33?,34?,35?/m0/s1. The summed E-state index contributed by atoms with van der Waals surface area (Å²) in [6.07, 6.45) is 7.63. The maximum atomic E-state index is 10.8. The van der Waals surface area contributed by atoms with Gasteiger partial charge in [0, 0.05) is 12.5 Å². The van der Waals surface area contributed by atoms with E-state index in [-0.39, 0.29) is 18.6 Å². The largest absolute Gasteiger partial charge is 0.396 e. The average Bonchev–Trinajstić information content (AvgIpc) is 2.97. The molecule has 0 aliphatic heterocycles. The highest BCUT2D eigenvalue weighted by Gasteiger charge is 2.32. The molecule has 40 heavy (non-hydrogen) atoms. The molecule has 0 aromatic heterocycles. The van der Waals surface area contributed by atoms with E-state index in [1.807, 2.05) is 13.8 Å². The van der Waals surface area contributed by atoms with E-state index in [1.165, 1.54) is 24.0 Å². The van der Waals surface area contributed by atoms with Crippen LogP contribution in [0.25, 0.3) is 12.2 Å². The molecular weight excluding hydrogens is 500 g/mol. The molecule has 6 unspecified atom stereocenters. The van der Waals surface area contributed by atoms with Crippen molar-refractivity contribution in [2.24, 2.45) is 17.8 Å². The summed E-state index contributed by atoms with van der Waals surface area (Å²) in [5.74, 6) is -0.0793. The molecule has 0 saturated heterocycles. The summed E-state index contributed by atoms with van der Waals surface area (Å²) >= 11 is 0. The quantitative estimate of drug-likeness (QED) is 0.150. The molecule has 2 rings (SSSR count). The topological polar surface area (TPSA) is 101 Å². The van der Waals surface area contributed by atoms with Crippen molar-refractivity contribution in [3.05, 3.63) is 70.3 Å². The summed E-state index contributed by atoms with van der Waals surface area (Å²) in [5, 5.41) is 50.8. The van der Waals surface area contributed by atoms with E-state index in [0.29, 0.717) is 6.42 Å². The van der Waals surface area contributed by atoms with Gasteiger partial charge in [0.05, 0.1) is 18.3 Å². The van der Waals surface area contributed by atoms with Crippen molar-refractivity contribution in [2.45, 2.75) is 110 Å². The molecule has 0 bridgehead atoms. The van der Waals surface area contributed by atoms with Gasteiger partial charge in [-0.2, -0.15) is 0 Å². The van der Waals surface area contributed by atoms with Crippen molar-refractivity contribution in [1.29, 1.82) is 0 Å². The first-order valence-electron chi connectivity index (χ1n) is 15.3. The second kappa shape index (κ2) is 17.7. The minimum atomic E-state index is -1.33. The molecule has 2 aromatic carbocycles. The molecule has 5 N–H and O–H groups in total. The van der Waals surface area contributed by atoms with Gasteiger partial charge in [0.1, 0.15) is 6.10 Å². The van der Waals surface area contributed by atoms with Crippen LogP contribution in [0.15, 0.2) is 42.5 Å². The number of rotatable bonds is 18. The van der Waals surface area contributed by atoms with Crippen LogP contribution in [-0.4, -0.2) is 56.6 Å². The van der Waals surface area contributed by atoms with E-state index in [4.69, 9.17) is 0 Å². The predicted molar refractivity (Wildman–Crippen MR) is 166 cm³/mol. The fourth-order valence-corrected chi connectivity index (χ4v) is 4.98. The van der Waals surface area contributed by atoms with Gasteiger partial charge in [-0.25, -0.2) is 0 Å². The number of hydrogen-bond acceptors (Lipinski definition) is 5. The Morgan fingerprint density at radius 1 is 0.650 bits per heavy atom. The summed E-state index contributed by atoms with van der Waals surface area (Å²) in [5.41, 5.74) is 5.81. The minimum Gasteiger partial charge on any atom is -0.396 e. The van der Waals surface area contributed by atoms with Crippen molar-refractivity contribution in [1.82, 2.24) is 0 Å². The van der Waals surface area contributed by atoms with Crippen LogP contribution in [0.2, 0.25) is 0 Å². The second-order valence-corrected chi connectivity index (χ2v) is 12.0. The van der Waals surface area contributed by atoms with E-state index in [2.05, 4.69) is 68.5 Å². The number of hydrogen-bond donors (Lipinski definition) is 5. The zero-order valence-electron chi connectivity index (χ0n) is 25.3.